The van der Waals surface area contributed by atoms with Gasteiger partial charge < -0.3 is 19.5 Å². The van der Waals surface area contributed by atoms with Crippen molar-refractivity contribution in [3.63, 3.8) is 0 Å². The van der Waals surface area contributed by atoms with E-state index < -0.39 is 0 Å². The first-order valence-corrected chi connectivity index (χ1v) is 7.20. The second-order valence-electron chi connectivity index (χ2n) is 5.43. The lowest BCUT2D eigenvalue weighted by atomic mass is 10.2. The van der Waals surface area contributed by atoms with Crippen LogP contribution in [0.4, 0.5) is 0 Å². The first-order chi connectivity index (χ1) is 9.59. The zero-order valence-electron chi connectivity index (χ0n) is 12.5. The summed E-state index contributed by atoms with van der Waals surface area (Å²) in [5.74, 6) is 0.143. The van der Waals surface area contributed by atoms with E-state index in [0.717, 1.165) is 5.69 Å². The van der Waals surface area contributed by atoms with Crippen LogP contribution < -0.4 is 5.32 Å². The first kappa shape index (κ1) is 15.0. The van der Waals surface area contributed by atoms with Gasteiger partial charge in [-0.15, -0.1) is 0 Å². The van der Waals surface area contributed by atoms with Crippen LogP contribution in [0.25, 0.3) is 0 Å². The molecule has 1 aliphatic heterocycles. The van der Waals surface area contributed by atoms with Crippen molar-refractivity contribution >= 4 is 5.91 Å². The summed E-state index contributed by atoms with van der Waals surface area (Å²) in [5.41, 5.74) is 1.10. The third-order valence-corrected chi connectivity index (χ3v) is 3.59. The van der Waals surface area contributed by atoms with E-state index in [1.54, 1.807) is 0 Å². The molecule has 20 heavy (non-hydrogen) atoms. The van der Waals surface area contributed by atoms with E-state index in [-0.39, 0.29) is 11.9 Å². The Morgan fingerprint density at radius 3 is 2.75 bits per heavy atom. The molecular formula is C14H24N4O2. The Bertz CT molecular complexity index is 438. The molecular weight excluding hydrogens is 256 g/mol. The number of amides is 1. The van der Waals surface area contributed by atoms with Gasteiger partial charge in [-0.3, -0.25) is 4.79 Å². The number of ether oxygens (including phenoxy) is 1. The molecule has 1 saturated heterocycles. The lowest BCUT2D eigenvalue weighted by Crippen LogP contribution is -2.49. The Morgan fingerprint density at radius 1 is 1.40 bits per heavy atom. The Kier molecular flexibility index (Phi) is 5.14. The lowest BCUT2D eigenvalue weighted by Gasteiger charge is -2.29. The number of nitrogens with zero attached hydrogens (tertiary/aromatic N) is 3. The highest BCUT2D eigenvalue weighted by Gasteiger charge is 2.22. The SMILES string of the molecule is CC(NCc1cncn1C(C)C)C(=O)N1CCOCC1. The molecule has 1 amide bonds. The molecule has 1 aliphatic rings. The number of imidazole rings is 1. The number of aromatic nitrogens is 2. The van der Waals surface area contributed by atoms with Crippen molar-refractivity contribution in [2.75, 3.05) is 26.3 Å². The van der Waals surface area contributed by atoms with E-state index in [0.29, 0.717) is 38.9 Å². The van der Waals surface area contributed by atoms with E-state index >= 15 is 0 Å². The third-order valence-electron chi connectivity index (χ3n) is 3.59. The third kappa shape index (κ3) is 3.58. The topological polar surface area (TPSA) is 59.4 Å². The molecule has 112 valence electrons. The summed E-state index contributed by atoms with van der Waals surface area (Å²) < 4.78 is 7.37. The molecule has 0 saturated carbocycles. The van der Waals surface area contributed by atoms with Gasteiger partial charge in [-0.1, -0.05) is 0 Å². The maximum Gasteiger partial charge on any atom is 0.239 e. The molecule has 0 radical (unpaired) electrons. The molecule has 1 aromatic rings. The standard InChI is InChI=1S/C14H24N4O2/c1-11(2)18-10-15-8-13(18)9-16-12(3)14(19)17-4-6-20-7-5-17/h8,10-12,16H,4-7,9H2,1-3H3. The molecule has 1 N–H and O–H groups in total. The lowest BCUT2D eigenvalue weighted by molar-refractivity contribution is -0.137. The summed E-state index contributed by atoms with van der Waals surface area (Å²) in [6.45, 7) is 9.45. The zero-order valence-corrected chi connectivity index (χ0v) is 12.5. The minimum Gasteiger partial charge on any atom is -0.378 e. The van der Waals surface area contributed by atoms with Crippen molar-refractivity contribution in [1.82, 2.24) is 19.8 Å². The molecule has 1 unspecified atom stereocenters. The van der Waals surface area contributed by atoms with E-state index in [1.807, 2.05) is 24.3 Å². The maximum absolute atomic E-state index is 12.3. The van der Waals surface area contributed by atoms with Crippen LogP contribution in [0, 0.1) is 0 Å². The molecule has 2 rings (SSSR count). The van der Waals surface area contributed by atoms with Crippen molar-refractivity contribution in [3.05, 3.63) is 18.2 Å². The predicted molar refractivity (Wildman–Crippen MR) is 76.3 cm³/mol. The molecule has 1 aromatic heterocycles. The van der Waals surface area contributed by atoms with Crippen LogP contribution in [0.5, 0.6) is 0 Å². The fourth-order valence-corrected chi connectivity index (χ4v) is 2.34. The Balaban J connectivity index is 1.86. The minimum absolute atomic E-state index is 0.143. The highest BCUT2D eigenvalue weighted by molar-refractivity contribution is 5.81. The molecule has 0 spiro atoms. The van der Waals surface area contributed by atoms with Crippen molar-refractivity contribution in [3.8, 4) is 0 Å². The van der Waals surface area contributed by atoms with Crippen molar-refractivity contribution in [2.45, 2.75) is 39.4 Å². The number of hydrogen-bond acceptors (Lipinski definition) is 4. The summed E-state index contributed by atoms with van der Waals surface area (Å²) >= 11 is 0. The van der Waals surface area contributed by atoms with Crippen LogP contribution in [-0.2, 0) is 16.1 Å². The molecule has 0 aromatic carbocycles. The summed E-state index contributed by atoms with van der Waals surface area (Å²) in [4.78, 5) is 18.3. The molecule has 1 fully saturated rings. The highest BCUT2D eigenvalue weighted by atomic mass is 16.5. The molecule has 0 bridgehead atoms. The van der Waals surface area contributed by atoms with E-state index in [4.69, 9.17) is 4.74 Å². The number of morpholine rings is 1. The van der Waals surface area contributed by atoms with Gasteiger partial charge >= 0.3 is 0 Å². The Hall–Kier alpha value is -1.40. The summed E-state index contributed by atoms with van der Waals surface area (Å²) in [7, 11) is 0. The smallest absolute Gasteiger partial charge is 0.239 e. The normalized spacial score (nSPS) is 17.5. The number of nitrogens with one attached hydrogen (secondary N) is 1. The molecule has 2 heterocycles. The second kappa shape index (κ2) is 6.85. The molecule has 0 aliphatic carbocycles. The largest absolute Gasteiger partial charge is 0.378 e. The summed E-state index contributed by atoms with van der Waals surface area (Å²) in [6, 6.07) is 0.183. The molecule has 6 heteroatoms. The van der Waals surface area contributed by atoms with Gasteiger partial charge in [-0.2, -0.15) is 0 Å². The fraction of sp³-hybridized carbons (Fsp3) is 0.714. The summed E-state index contributed by atoms with van der Waals surface area (Å²) in [6.07, 6.45) is 3.68. The number of rotatable bonds is 5. The average Bonchev–Trinajstić information content (AvgIpc) is 2.93. The minimum atomic E-state index is -0.191. The van der Waals surface area contributed by atoms with Crippen LogP contribution in [0.2, 0.25) is 0 Å². The monoisotopic (exact) mass is 280 g/mol. The van der Waals surface area contributed by atoms with Crippen LogP contribution in [-0.4, -0.2) is 52.7 Å². The van der Waals surface area contributed by atoms with Gasteiger partial charge in [0.25, 0.3) is 0 Å². The van der Waals surface area contributed by atoms with Gasteiger partial charge in [-0.05, 0) is 20.8 Å². The van der Waals surface area contributed by atoms with Gasteiger partial charge in [0, 0.05) is 31.9 Å². The van der Waals surface area contributed by atoms with Gasteiger partial charge in [-0.25, -0.2) is 4.98 Å². The number of hydrogen-bond donors (Lipinski definition) is 1. The predicted octanol–water partition coefficient (Wildman–Crippen LogP) is 0.801. The fourth-order valence-electron chi connectivity index (χ4n) is 2.34. The molecule has 6 nitrogen and oxygen atoms in total. The van der Waals surface area contributed by atoms with Gasteiger partial charge in [0.05, 0.1) is 31.3 Å². The Morgan fingerprint density at radius 2 is 2.10 bits per heavy atom. The van der Waals surface area contributed by atoms with Gasteiger partial charge in [0.2, 0.25) is 5.91 Å². The van der Waals surface area contributed by atoms with E-state index in [2.05, 4.69) is 28.7 Å². The molecule has 1 atom stereocenters. The van der Waals surface area contributed by atoms with E-state index in [1.165, 1.54) is 0 Å². The van der Waals surface area contributed by atoms with Gasteiger partial charge in [0.1, 0.15) is 0 Å². The van der Waals surface area contributed by atoms with E-state index in [9.17, 15) is 4.79 Å². The van der Waals surface area contributed by atoms with Crippen LogP contribution in [0.3, 0.4) is 0 Å². The van der Waals surface area contributed by atoms with Crippen molar-refractivity contribution < 1.29 is 9.53 Å². The quantitative estimate of drug-likeness (QED) is 0.867. The zero-order chi connectivity index (χ0) is 14.5. The maximum atomic E-state index is 12.3. The van der Waals surface area contributed by atoms with Crippen molar-refractivity contribution in [2.24, 2.45) is 0 Å². The number of carbonyl (C=O) groups is 1. The first-order valence-electron chi connectivity index (χ1n) is 7.20. The average molecular weight is 280 g/mol. The van der Waals surface area contributed by atoms with Crippen LogP contribution in [0.1, 0.15) is 32.5 Å². The van der Waals surface area contributed by atoms with Crippen LogP contribution >= 0.6 is 0 Å². The van der Waals surface area contributed by atoms with Crippen molar-refractivity contribution in [1.29, 1.82) is 0 Å². The van der Waals surface area contributed by atoms with Crippen LogP contribution in [0.15, 0.2) is 12.5 Å². The number of carbonyl (C=O) groups excluding carboxylic acids is 1. The Labute approximate surface area is 120 Å². The van der Waals surface area contributed by atoms with Gasteiger partial charge in [0.15, 0.2) is 0 Å². The summed E-state index contributed by atoms with van der Waals surface area (Å²) in [5, 5.41) is 3.28. The second-order valence-corrected chi connectivity index (χ2v) is 5.43. The highest BCUT2D eigenvalue weighted by Crippen LogP contribution is 2.09.